The first-order chi connectivity index (χ1) is 29.2. The van der Waals surface area contributed by atoms with Gasteiger partial charge in [0.05, 0.1) is 5.69 Å². The molecule has 0 saturated heterocycles. The quantitative estimate of drug-likeness (QED) is 0.167. The van der Waals surface area contributed by atoms with Crippen LogP contribution in [0.4, 0.5) is 17.1 Å². The third-order valence-corrected chi connectivity index (χ3v) is 13.1. The SMILES string of the molecule is c1ccc(-c2cccc(N(c3cccc(-c4ccc(-c5cccc6c5sc5ccccc56)cc4)c3)c3cc4c(oc5ccc6ccccc6c54)c4ccccc34)c2)cc1. The molecule has 0 atom stereocenters. The van der Waals surface area contributed by atoms with E-state index in [4.69, 9.17) is 4.42 Å². The Morgan fingerprint density at radius 2 is 0.966 bits per heavy atom. The van der Waals surface area contributed by atoms with Crippen molar-refractivity contribution in [3.8, 4) is 33.4 Å². The normalized spacial score (nSPS) is 11.7. The van der Waals surface area contributed by atoms with Gasteiger partial charge in [0.1, 0.15) is 11.2 Å². The van der Waals surface area contributed by atoms with Crippen LogP contribution in [0.3, 0.4) is 0 Å². The van der Waals surface area contributed by atoms with Crippen LogP contribution in [0, 0.1) is 0 Å². The molecule has 0 bridgehead atoms. The van der Waals surface area contributed by atoms with E-state index in [0.29, 0.717) is 0 Å². The van der Waals surface area contributed by atoms with Crippen LogP contribution in [0.5, 0.6) is 0 Å². The highest BCUT2D eigenvalue weighted by atomic mass is 32.1. The van der Waals surface area contributed by atoms with E-state index in [9.17, 15) is 0 Å². The Bertz CT molecular complexity index is 3560. The number of benzene rings is 10. The summed E-state index contributed by atoms with van der Waals surface area (Å²) in [6, 6.07) is 76.9. The molecule has 0 saturated carbocycles. The number of hydrogen-bond donors (Lipinski definition) is 0. The zero-order valence-corrected chi connectivity index (χ0v) is 32.8. The van der Waals surface area contributed by atoms with E-state index in [1.807, 2.05) is 11.3 Å². The Morgan fingerprint density at radius 3 is 1.75 bits per heavy atom. The smallest absolute Gasteiger partial charge is 0.143 e. The minimum absolute atomic E-state index is 0.896. The fourth-order valence-electron chi connectivity index (χ4n) is 9.06. The fraction of sp³-hybridized carbons (Fsp3) is 0. The van der Waals surface area contributed by atoms with Crippen LogP contribution in [0.2, 0.25) is 0 Å². The monoisotopic (exact) mass is 769 g/mol. The van der Waals surface area contributed by atoms with Crippen molar-refractivity contribution in [2.45, 2.75) is 0 Å². The van der Waals surface area contributed by atoms with Gasteiger partial charge in [0.25, 0.3) is 0 Å². The molecule has 0 aliphatic heterocycles. The second kappa shape index (κ2) is 13.6. The van der Waals surface area contributed by atoms with Gasteiger partial charge >= 0.3 is 0 Å². The molecule has 0 aliphatic rings. The van der Waals surface area contributed by atoms with E-state index in [1.165, 1.54) is 58.8 Å². The summed E-state index contributed by atoms with van der Waals surface area (Å²) < 4.78 is 9.39. The van der Waals surface area contributed by atoms with Gasteiger partial charge in [0, 0.05) is 53.1 Å². The second-order valence-corrected chi connectivity index (χ2v) is 16.3. The molecule has 59 heavy (non-hydrogen) atoms. The third-order valence-electron chi connectivity index (χ3n) is 11.8. The maximum Gasteiger partial charge on any atom is 0.143 e. The molecule has 2 nitrogen and oxygen atoms in total. The molecule has 0 unspecified atom stereocenters. The van der Waals surface area contributed by atoms with Crippen LogP contribution in [-0.2, 0) is 0 Å². The minimum atomic E-state index is 0.896. The van der Waals surface area contributed by atoms with Gasteiger partial charge in [0.15, 0.2) is 0 Å². The van der Waals surface area contributed by atoms with Gasteiger partial charge in [0.2, 0.25) is 0 Å². The van der Waals surface area contributed by atoms with Crippen molar-refractivity contribution in [1.29, 1.82) is 0 Å². The van der Waals surface area contributed by atoms with Crippen LogP contribution in [0.15, 0.2) is 217 Å². The Kier molecular flexibility index (Phi) is 7.75. The first-order valence-corrected chi connectivity index (χ1v) is 20.9. The zero-order valence-electron chi connectivity index (χ0n) is 32.0. The highest BCUT2D eigenvalue weighted by Gasteiger charge is 2.22. The molecule has 10 aromatic carbocycles. The van der Waals surface area contributed by atoms with E-state index in [1.54, 1.807) is 0 Å². The van der Waals surface area contributed by atoms with Crippen molar-refractivity contribution in [1.82, 2.24) is 0 Å². The van der Waals surface area contributed by atoms with Gasteiger partial charge in [-0.05, 0) is 86.6 Å². The van der Waals surface area contributed by atoms with Gasteiger partial charge in [-0.25, -0.2) is 0 Å². The number of furan rings is 1. The average Bonchev–Trinajstić information content (AvgIpc) is 3.89. The van der Waals surface area contributed by atoms with E-state index >= 15 is 0 Å². The first-order valence-electron chi connectivity index (χ1n) is 20.1. The maximum absolute atomic E-state index is 6.74. The van der Waals surface area contributed by atoms with E-state index < -0.39 is 0 Å². The van der Waals surface area contributed by atoms with Crippen LogP contribution < -0.4 is 4.90 Å². The number of thiophene rings is 1. The van der Waals surface area contributed by atoms with Gasteiger partial charge in [-0.2, -0.15) is 0 Å². The number of anilines is 3. The maximum atomic E-state index is 6.74. The van der Waals surface area contributed by atoms with Crippen molar-refractivity contribution in [2.75, 3.05) is 4.90 Å². The van der Waals surface area contributed by atoms with Gasteiger partial charge in [-0.3, -0.25) is 0 Å². The van der Waals surface area contributed by atoms with E-state index in [2.05, 4.69) is 217 Å². The molecule has 0 aliphatic carbocycles. The molecular weight excluding hydrogens is 735 g/mol. The molecule has 0 fully saturated rings. The van der Waals surface area contributed by atoms with Gasteiger partial charge < -0.3 is 9.32 Å². The molecule has 12 aromatic rings. The molecule has 0 N–H and O–H groups in total. The standard InChI is InChI=1S/C56H35NOS/c1-2-13-36(14-3-1)40-16-10-18-42(33-40)57(51-35-50-54-44-20-5-4-15-38(44)31-32-52(54)58-55(50)48-23-7-6-21-46(48)51)43-19-11-17-41(34-43)37-27-29-39(30-28-37)45-24-12-25-49-47-22-8-9-26-53(47)59-56(45)49/h1-35H. The van der Waals surface area contributed by atoms with E-state index in [0.717, 1.165) is 55.3 Å². The molecule has 12 rings (SSSR count). The molecule has 276 valence electrons. The molecule has 0 amide bonds. The number of hydrogen-bond acceptors (Lipinski definition) is 3. The Hall–Kier alpha value is -7.46. The van der Waals surface area contributed by atoms with Crippen molar-refractivity contribution in [3.63, 3.8) is 0 Å². The van der Waals surface area contributed by atoms with Crippen molar-refractivity contribution in [2.24, 2.45) is 0 Å². The molecule has 0 radical (unpaired) electrons. The summed E-state index contributed by atoms with van der Waals surface area (Å²) in [4.78, 5) is 2.43. The van der Waals surface area contributed by atoms with Crippen molar-refractivity contribution in [3.05, 3.63) is 212 Å². The Morgan fingerprint density at radius 1 is 0.373 bits per heavy atom. The number of fused-ring (bicyclic) bond motifs is 10. The summed E-state index contributed by atoms with van der Waals surface area (Å²) in [6.07, 6.45) is 0. The van der Waals surface area contributed by atoms with Crippen molar-refractivity contribution < 1.29 is 4.42 Å². The van der Waals surface area contributed by atoms with Crippen LogP contribution in [0.25, 0.3) is 97.0 Å². The lowest BCUT2D eigenvalue weighted by Gasteiger charge is -2.28. The predicted molar refractivity (Wildman–Crippen MR) is 253 cm³/mol. The Balaban J connectivity index is 1.04. The lowest BCUT2D eigenvalue weighted by atomic mass is 9.97. The lowest BCUT2D eigenvalue weighted by molar-refractivity contribution is 0.673. The topological polar surface area (TPSA) is 16.4 Å². The summed E-state index contributed by atoms with van der Waals surface area (Å²) in [7, 11) is 0. The third kappa shape index (κ3) is 5.55. The van der Waals surface area contributed by atoms with Gasteiger partial charge in [-0.1, -0.05) is 170 Å². The van der Waals surface area contributed by atoms with Crippen LogP contribution >= 0.6 is 11.3 Å². The van der Waals surface area contributed by atoms with Crippen LogP contribution in [0.1, 0.15) is 0 Å². The highest BCUT2D eigenvalue weighted by Crippen LogP contribution is 2.47. The molecular formula is C56H35NOS. The summed E-state index contributed by atoms with van der Waals surface area (Å²) in [5, 5.41) is 9.49. The molecule has 3 heteroatoms. The van der Waals surface area contributed by atoms with Crippen molar-refractivity contribution >= 4 is 92.1 Å². The molecule has 0 spiro atoms. The molecule has 2 heterocycles. The predicted octanol–water partition coefficient (Wildman–Crippen LogP) is 16.7. The summed E-state index contributed by atoms with van der Waals surface area (Å²) in [5.74, 6) is 0. The largest absolute Gasteiger partial charge is 0.455 e. The Labute approximate surface area is 345 Å². The highest BCUT2D eigenvalue weighted by molar-refractivity contribution is 7.26. The summed E-state index contributed by atoms with van der Waals surface area (Å²) in [6.45, 7) is 0. The van der Waals surface area contributed by atoms with Gasteiger partial charge in [-0.15, -0.1) is 11.3 Å². The zero-order chi connectivity index (χ0) is 38.9. The summed E-state index contributed by atoms with van der Waals surface area (Å²) in [5.41, 5.74) is 12.2. The second-order valence-electron chi connectivity index (χ2n) is 15.2. The number of rotatable bonds is 6. The minimum Gasteiger partial charge on any atom is -0.455 e. The first kappa shape index (κ1) is 33.7. The van der Waals surface area contributed by atoms with E-state index in [-0.39, 0.29) is 0 Å². The lowest BCUT2D eigenvalue weighted by Crippen LogP contribution is -2.11. The summed E-state index contributed by atoms with van der Waals surface area (Å²) >= 11 is 1.88. The fourth-order valence-corrected chi connectivity index (χ4v) is 10.3. The average molecular weight is 770 g/mol. The van der Waals surface area contributed by atoms with Crippen LogP contribution in [-0.4, -0.2) is 0 Å². The molecule has 2 aromatic heterocycles. The number of nitrogens with zero attached hydrogens (tertiary/aromatic N) is 1.